The van der Waals surface area contributed by atoms with E-state index in [1.165, 1.54) is 44.2 Å². The maximum Gasteiger partial charge on any atom is 0.00310 e. The predicted molar refractivity (Wildman–Crippen MR) is 70.0 cm³/mol. The van der Waals surface area contributed by atoms with Gasteiger partial charge in [-0.15, -0.1) is 0 Å². The Morgan fingerprint density at radius 2 is 1.73 bits per heavy atom. The Morgan fingerprint density at radius 1 is 1.13 bits per heavy atom. The Bertz CT molecular complexity index is 170. The standard InChI is InChI=1S/C14H29N/c1-6-7-11-14(3,4)12-9-8-10-13(2)15-5/h15H,2,6-12H2,1,3-5H3. The first kappa shape index (κ1) is 14.5. The smallest absolute Gasteiger partial charge is 0.00310 e. The van der Waals surface area contributed by atoms with Gasteiger partial charge in [-0.25, -0.2) is 0 Å². The molecule has 0 aromatic carbocycles. The second-order valence-electron chi connectivity index (χ2n) is 5.33. The summed E-state index contributed by atoms with van der Waals surface area (Å²) in [6.07, 6.45) is 9.14. The van der Waals surface area contributed by atoms with Gasteiger partial charge < -0.3 is 5.32 Å². The average molecular weight is 211 g/mol. The van der Waals surface area contributed by atoms with Gasteiger partial charge in [-0.1, -0.05) is 46.6 Å². The second-order valence-corrected chi connectivity index (χ2v) is 5.33. The normalized spacial score (nSPS) is 11.5. The van der Waals surface area contributed by atoms with E-state index in [2.05, 4.69) is 32.7 Å². The molecule has 90 valence electrons. The van der Waals surface area contributed by atoms with Crippen LogP contribution in [-0.4, -0.2) is 7.05 Å². The van der Waals surface area contributed by atoms with Crippen LogP contribution in [0.3, 0.4) is 0 Å². The molecule has 0 aliphatic rings. The van der Waals surface area contributed by atoms with Gasteiger partial charge in [0.2, 0.25) is 0 Å². The van der Waals surface area contributed by atoms with Crippen LogP contribution in [0.25, 0.3) is 0 Å². The van der Waals surface area contributed by atoms with Crippen molar-refractivity contribution < 1.29 is 0 Å². The van der Waals surface area contributed by atoms with Crippen LogP contribution in [0, 0.1) is 5.41 Å². The molecule has 0 aliphatic carbocycles. The van der Waals surface area contributed by atoms with Crippen molar-refractivity contribution in [2.45, 2.75) is 65.7 Å². The third-order valence-electron chi connectivity index (χ3n) is 3.14. The first-order valence-corrected chi connectivity index (χ1v) is 6.37. The molecule has 0 rings (SSSR count). The maximum atomic E-state index is 3.95. The largest absolute Gasteiger partial charge is 0.392 e. The summed E-state index contributed by atoms with van der Waals surface area (Å²) < 4.78 is 0. The highest BCUT2D eigenvalue weighted by Gasteiger charge is 2.15. The topological polar surface area (TPSA) is 12.0 Å². The summed E-state index contributed by atoms with van der Waals surface area (Å²) in [6.45, 7) is 11.0. The summed E-state index contributed by atoms with van der Waals surface area (Å²) in [7, 11) is 1.95. The molecule has 0 aromatic heterocycles. The highest BCUT2D eigenvalue weighted by Crippen LogP contribution is 2.29. The molecule has 1 N–H and O–H groups in total. The molecular formula is C14H29N. The number of nitrogens with one attached hydrogen (secondary N) is 1. The Kier molecular flexibility index (Phi) is 7.54. The second kappa shape index (κ2) is 7.78. The van der Waals surface area contributed by atoms with Gasteiger partial charge in [0, 0.05) is 12.7 Å². The minimum absolute atomic E-state index is 0.539. The zero-order chi connectivity index (χ0) is 11.7. The Morgan fingerprint density at radius 3 is 2.27 bits per heavy atom. The molecule has 1 nitrogen and oxygen atoms in total. The molecule has 0 heterocycles. The number of rotatable bonds is 9. The predicted octanol–water partition coefficient (Wildman–Crippen LogP) is 4.50. The molecule has 0 unspecified atom stereocenters. The van der Waals surface area contributed by atoms with E-state index in [0.717, 1.165) is 6.42 Å². The Labute approximate surface area is 96.3 Å². The van der Waals surface area contributed by atoms with Crippen LogP contribution in [0.5, 0.6) is 0 Å². The van der Waals surface area contributed by atoms with Gasteiger partial charge in [-0.2, -0.15) is 0 Å². The van der Waals surface area contributed by atoms with Crippen molar-refractivity contribution >= 4 is 0 Å². The van der Waals surface area contributed by atoms with Crippen molar-refractivity contribution in [2.24, 2.45) is 5.41 Å². The molecular weight excluding hydrogens is 182 g/mol. The summed E-state index contributed by atoms with van der Waals surface area (Å²) in [5.74, 6) is 0. The zero-order valence-electron chi connectivity index (χ0n) is 11.2. The minimum atomic E-state index is 0.539. The van der Waals surface area contributed by atoms with Gasteiger partial charge in [0.15, 0.2) is 0 Å². The lowest BCUT2D eigenvalue weighted by Crippen LogP contribution is -2.11. The summed E-state index contributed by atoms with van der Waals surface area (Å²) in [5, 5.41) is 3.10. The van der Waals surface area contributed by atoms with E-state index in [1.54, 1.807) is 0 Å². The van der Waals surface area contributed by atoms with Crippen LogP contribution in [0.2, 0.25) is 0 Å². The van der Waals surface area contributed by atoms with E-state index in [-0.39, 0.29) is 0 Å². The summed E-state index contributed by atoms with van der Waals surface area (Å²) in [4.78, 5) is 0. The van der Waals surface area contributed by atoms with Crippen molar-refractivity contribution in [1.29, 1.82) is 0 Å². The molecule has 0 saturated carbocycles. The fraction of sp³-hybridized carbons (Fsp3) is 0.857. The van der Waals surface area contributed by atoms with Crippen LogP contribution < -0.4 is 5.32 Å². The lowest BCUT2D eigenvalue weighted by molar-refractivity contribution is 0.287. The van der Waals surface area contributed by atoms with Crippen LogP contribution in [0.15, 0.2) is 12.3 Å². The van der Waals surface area contributed by atoms with Crippen LogP contribution >= 0.6 is 0 Å². The van der Waals surface area contributed by atoms with Crippen molar-refractivity contribution in [3.05, 3.63) is 12.3 Å². The van der Waals surface area contributed by atoms with Gasteiger partial charge in [0.25, 0.3) is 0 Å². The van der Waals surface area contributed by atoms with E-state index >= 15 is 0 Å². The van der Waals surface area contributed by atoms with E-state index in [1.807, 2.05) is 7.05 Å². The third-order valence-corrected chi connectivity index (χ3v) is 3.14. The lowest BCUT2D eigenvalue weighted by Gasteiger charge is -2.24. The number of unbranched alkanes of at least 4 members (excludes halogenated alkanes) is 2. The Hall–Kier alpha value is -0.460. The fourth-order valence-electron chi connectivity index (χ4n) is 1.85. The van der Waals surface area contributed by atoms with Crippen molar-refractivity contribution in [2.75, 3.05) is 7.05 Å². The van der Waals surface area contributed by atoms with Crippen molar-refractivity contribution in [1.82, 2.24) is 5.32 Å². The highest BCUT2D eigenvalue weighted by atomic mass is 14.8. The Balaban J connectivity index is 3.52. The van der Waals surface area contributed by atoms with Gasteiger partial charge in [0.05, 0.1) is 0 Å². The number of allylic oxidation sites excluding steroid dienone is 1. The molecule has 1 heteroatoms. The molecule has 0 bridgehead atoms. The van der Waals surface area contributed by atoms with E-state index < -0.39 is 0 Å². The SMILES string of the molecule is C=C(CCCCC(C)(C)CCCC)NC. The van der Waals surface area contributed by atoms with Gasteiger partial charge in [-0.3, -0.25) is 0 Å². The van der Waals surface area contributed by atoms with Crippen molar-refractivity contribution in [3.63, 3.8) is 0 Å². The van der Waals surface area contributed by atoms with E-state index in [0.29, 0.717) is 5.41 Å². The molecule has 0 aromatic rings. The zero-order valence-corrected chi connectivity index (χ0v) is 11.2. The minimum Gasteiger partial charge on any atom is -0.392 e. The fourth-order valence-corrected chi connectivity index (χ4v) is 1.85. The molecule has 0 saturated heterocycles. The molecule has 0 fully saturated rings. The van der Waals surface area contributed by atoms with Crippen molar-refractivity contribution in [3.8, 4) is 0 Å². The first-order valence-electron chi connectivity index (χ1n) is 6.37. The van der Waals surface area contributed by atoms with Crippen LogP contribution in [-0.2, 0) is 0 Å². The molecule has 15 heavy (non-hydrogen) atoms. The third kappa shape index (κ3) is 8.53. The maximum absolute atomic E-state index is 3.95. The first-order chi connectivity index (χ1) is 7.02. The molecule has 0 aliphatic heterocycles. The quantitative estimate of drug-likeness (QED) is 0.554. The van der Waals surface area contributed by atoms with Gasteiger partial charge in [0.1, 0.15) is 0 Å². The summed E-state index contributed by atoms with van der Waals surface area (Å²) >= 11 is 0. The average Bonchev–Trinajstić information content (AvgIpc) is 2.21. The summed E-state index contributed by atoms with van der Waals surface area (Å²) in [5.41, 5.74) is 1.71. The van der Waals surface area contributed by atoms with Gasteiger partial charge in [-0.05, 0) is 31.1 Å². The number of hydrogen-bond donors (Lipinski definition) is 1. The highest BCUT2D eigenvalue weighted by molar-refractivity contribution is 4.88. The van der Waals surface area contributed by atoms with E-state index in [4.69, 9.17) is 0 Å². The lowest BCUT2D eigenvalue weighted by atomic mass is 9.82. The molecule has 0 atom stereocenters. The molecule has 0 amide bonds. The van der Waals surface area contributed by atoms with Gasteiger partial charge >= 0.3 is 0 Å². The molecule has 0 radical (unpaired) electrons. The number of hydrogen-bond acceptors (Lipinski definition) is 1. The monoisotopic (exact) mass is 211 g/mol. The van der Waals surface area contributed by atoms with E-state index in [9.17, 15) is 0 Å². The molecule has 0 spiro atoms. The summed E-state index contributed by atoms with van der Waals surface area (Å²) in [6, 6.07) is 0. The van der Waals surface area contributed by atoms with Crippen LogP contribution in [0.1, 0.15) is 65.7 Å². The van der Waals surface area contributed by atoms with Crippen LogP contribution in [0.4, 0.5) is 0 Å².